The molecule has 1 saturated carbocycles. The third-order valence-corrected chi connectivity index (χ3v) is 4.71. The van der Waals surface area contributed by atoms with Crippen LogP contribution in [0.2, 0.25) is 0 Å². The van der Waals surface area contributed by atoms with Crippen molar-refractivity contribution in [2.24, 2.45) is 17.8 Å². The molecule has 18 heavy (non-hydrogen) atoms. The van der Waals surface area contributed by atoms with E-state index < -0.39 is 0 Å². The Morgan fingerprint density at radius 2 is 2.33 bits per heavy atom. The first-order valence-electron chi connectivity index (χ1n) is 7.01. The van der Waals surface area contributed by atoms with Crippen LogP contribution in [0, 0.1) is 17.8 Å². The minimum atomic E-state index is -0.192. The summed E-state index contributed by atoms with van der Waals surface area (Å²) in [5.41, 5.74) is 0. The largest absolute Gasteiger partial charge is 0.453 e. The van der Waals surface area contributed by atoms with Gasteiger partial charge in [0.15, 0.2) is 0 Å². The van der Waals surface area contributed by atoms with Crippen molar-refractivity contribution in [3.63, 3.8) is 0 Å². The Morgan fingerprint density at radius 3 is 3.00 bits per heavy atom. The number of hydrogen-bond donors (Lipinski definition) is 1. The Morgan fingerprint density at radius 1 is 1.44 bits per heavy atom. The molecule has 0 unspecified atom stereocenters. The maximum absolute atomic E-state index is 11.4. The van der Waals surface area contributed by atoms with Gasteiger partial charge in [-0.1, -0.05) is 12.2 Å². The maximum atomic E-state index is 11.4. The first-order chi connectivity index (χ1) is 8.76. The highest BCUT2D eigenvalue weighted by molar-refractivity contribution is 5.67. The van der Waals surface area contributed by atoms with E-state index in [0.717, 1.165) is 43.8 Å². The Hall–Kier alpha value is -1.03. The van der Waals surface area contributed by atoms with Gasteiger partial charge in [-0.05, 0) is 43.6 Å². The number of amides is 1. The van der Waals surface area contributed by atoms with Crippen LogP contribution in [0.4, 0.5) is 4.79 Å². The molecular formula is C14H22N2O2. The average Bonchev–Trinajstić information content (AvgIpc) is 3.10. The van der Waals surface area contributed by atoms with E-state index in [1.807, 2.05) is 0 Å². The molecule has 0 aromatic heterocycles. The van der Waals surface area contributed by atoms with E-state index in [0.29, 0.717) is 6.04 Å². The summed E-state index contributed by atoms with van der Waals surface area (Å²) in [5, 5.41) is 3.63. The highest BCUT2D eigenvalue weighted by Gasteiger charge is 2.36. The fraction of sp³-hybridized carbons (Fsp3) is 0.786. The Labute approximate surface area is 108 Å². The van der Waals surface area contributed by atoms with Crippen molar-refractivity contribution in [3.8, 4) is 0 Å². The average molecular weight is 250 g/mol. The standard InChI is InChI=1S/C14H22N2O2/c1-18-14(17)16-5-4-13(9-16)15-8-12-7-10-2-3-11(12)6-10/h2-3,10-13,15H,4-9H2,1H3/t10-,11-,12-,13-/m0/s1. The van der Waals surface area contributed by atoms with Crippen LogP contribution in [0.5, 0.6) is 0 Å². The molecule has 100 valence electrons. The Kier molecular flexibility index (Phi) is 3.29. The third-order valence-electron chi connectivity index (χ3n) is 4.71. The number of nitrogens with one attached hydrogen (secondary N) is 1. The molecule has 3 aliphatic rings. The molecule has 4 heteroatoms. The van der Waals surface area contributed by atoms with E-state index in [1.54, 1.807) is 4.90 Å². The number of likely N-dealkylation sites (tertiary alicyclic amines) is 1. The third kappa shape index (κ3) is 2.26. The molecule has 2 bridgehead atoms. The van der Waals surface area contributed by atoms with Gasteiger partial charge >= 0.3 is 6.09 Å². The lowest BCUT2D eigenvalue weighted by Gasteiger charge is -2.21. The summed E-state index contributed by atoms with van der Waals surface area (Å²) in [6, 6.07) is 0.451. The zero-order chi connectivity index (χ0) is 12.5. The molecule has 3 rings (SSSR count). The lowest BCUT2D eigenvalue weighted by Crippen LogP contribution is -2.38. The molecule has 0 radical (unpaired) electrons. The van der Waals surface area contributed by atoms with E-state index >= 15 is 0 Å². The second kappa shape index (κ2) is 4.92. The monoisotopic (exact) mass is 250 g/mol. The molecule has 4 nitrogen and oxygen atoms in total. The van der Waals surface area contributed by atoms with Crippen LogP contribution in [0.25, 0.3) is 0 Å². The van der Waals surface area contributed by atoms with Crippen LogP contribution < -0.4 is 5.32 Å². The van der Waals surface area contributed by atoms with Gasteiger partial charge < -0.3 is 15.0 Å². The number of allylic oxidation sites excluding steroid dienone is 2. The zero-order valence-electron chi connectivity index (χ0n) is 11.0. The molecule has 1 amide bonds. The lowest BCUT2D eigenvalue weighted by molar-refractivity contribution is 0.132. The van der Waals surface area contributed by atoms with Gasteiger partial charge in [0.1, 0.15) is 0 Å². The van der Waals surface area contributed by atoms with Crippen LogP contribution >= 0.6 is 0 Å². The summed E-state index contributed by atoms with van der Waals surface area (Å²) in [6.07, 6.45) is 8.35. The number of rotatable bonds is 3. The number of fused-ring (bicyclic) bond motifs is 2. The van der Waals surface area contributed by atoms with Gasteiger partial charge in [-0.25, -0.2) is 4.79 Å². The summed E-state index contributed by atoms with van der Waals surface area (Å²) in [7, 11) is 1.45. The highest BCUT2D eigenvalue weighted by atomic mass is 16.5. The van der Waals surface area contributed by atoms with Crippen molar-refractivity contribution in [1.29, 1.82) is 0 Å². The van der Waals surface area contributed by atoms with Crippen molar-refractivity contribution >= 4 is 6.09 Å². The quantitative estimate of drug-likeness (QED) is 0.774. The fourth-order valence-corrected chi connectivity index (χ4v) is 3.67. The minimum Gasteiger partial charge on any atom is -0.453 e. The van der Waals surface area contributed by atoms with Crippen LogP contribution in [0.15, 0.2) is 12.2 Å². The van der Waals surface area contributed by atoms with Gasteiger partial charge in [-0.15, -0.1) is 0 Å². The zero-order valence-corrected chi connectivity index (χ0v) is 11.0. The van der Waals surface area contributed by atoms with E-state index in [1.165, 1.54) is 20.0 Å². The van der Waals surface area contributed by atoms with Gasteiger partial charge in [0, 0.05) is 19.1 Å². The molecule has 0 aromatic rings. The van der Waals surface area contributed by atoms with Crippen molar-refractivity contribution in [2.75, 3.05) is 26.7 Å². The number of nitrogens with zero attached hydrogens (tertiary/aromatic N) is 1. The number of carbonyl (C=O) groups excluding carboxylic acids is 1. The molecular weight excluding hydrogens is 228 g/mol. The molecule has 1 saturated heterocycles. The van der Waals surface area contributed by atoms with Gasteiger partial charge in [0.25, 0.3) is 0 Å². The van der Waals surface area contributed by atoms with Crippen LogP contribution in [0.3, 0.4) is 0 Å². The van der Waals surface area contributed by atoms with Gasteiger partial charge in [-0.2, -0.15) is 0 Å². The highest BCUT2D eigenvalue weighted by Crippen LogP contribution is 2.43. The van der Waals surface area contributed by atoms with Gasteiger partial charge in [-0.3, -0.25) is 0 Å². The number of methoxy groups -OCH3 is 1. The first-order valence-corrected chi connectivity index (χ1v) is 7.01. The molecule has 2 aliphatic carbocycles. The van der Waals surface area contributed by atoms with E-state index in [9.17, 15) is 4.79 Å². The molecule has 1 aliphatic heterocycles. The predicted octanol–water partition coefficient (Wildman–Crippen LogP) is 1.63. The predicted molar refractivity (Wildman–Crippen MR) is 69.2 cm³/mol. The van der Waals surface area contributed by atoms with Crippen LogP contribution in [0.1, 0.15) is 19.3 Å². The van der Waals surface area contributed by atoms with Crippen LogP contribution in [-0.2, 0) is 4.74 Å². The first kappa shape index (κ1) is 12.0. The number of ether oxygens (including phenoxy) is 1. The molecule has 0 spiro atoms. The number of hydrogen-bond acceptors (Lipinski definition) is 3. The summed E-state index contributed by atoms with van der Waals surface area (Å²) in [5.74, 6) is 2.46. The molecule has 4 atom stereocenters. The summed E-state index contributed by atoms with van der Waals surface area (Å²) in [4.78, 5) is 13.2. The second-order valence-corrected chi connectivity index (χ2v) is 5.85. The van der Waals surface area contributed by atoms with Crippen LogP contribution in [-0.4, -0.2) is 43.8 Å². The Balaban J connectivity index is 1.42. The topological polar surface area (TPSA) is 41.6 Å². The lowest BCUT2D eigenvalue weighted by atomic mass is 9.93. The summed E-state index contributed by atoms with van der Waals surface area (Å²) < 4.78 is 4.75. The molecule has 1 heterocycles. The van der Waals surface area contributed by atoms with Crippen molar-refractivity contribution < 1.29 is 9.53 Å². The Bertz CT molecular complexity index is 356. The van der Waals surface area contributed by atoms with E-state index in [2.05, 4.69) is 17.5 Å². The minimum absolute atomic E-state index is 0.192. The van der Waals surface area contributed by atoms with Gasteiger partial charge in [0.2, 0.25) is 0 Å². The van der Waals surface area contributed by atoms with E-state index in [4.69, 9.17) is 4.74 Å². The summed E-state index contributed by atoms with van der Waals surface area (Å²) >= 11 is 0. The summed E-state index contributed by atoms with van der Waals surface area (Å²) in [6.45, 7) is 2.72. The number of carbonyl (C=O) groups is 1. The molecule has 1 N–H and O–H groups in total. The van der Waals surface area contributed by atoms with E-state index in [-0.39, 0.29) is 6.09 Å². The van der Waals surface area contributed by atoms with Crippen molar-refractivity contribution in [2.45, 2.75) is 25.3 Å². The van der Waals surface area contributed by atoms with Crippen molar-refractivity contribution in [3.05, 3.63) is 12.2 Å². The maximum Gasteiger partial charge on any atom is 0.409 e. The fourth-order valence-electron chi connectivity index (χ4n) is 3.67. The smallest absolute Gasteiger partial charge is 0.409 e. The molecule has 2 fully saturated rings. The normalized spacial score (nSPS) is 37.5. The second-order valence-electron chi connectivity index (χ2n) is 5.85. The van der Waals surface area contributed by atoms with Crippen molar-refractivity contribution in [1.82, 2.24) is 10.2 Å². The van der Waals surface area contributed by atoms with Gasteiger partial charge in [0.05, 0.1) is 7.11 Å². The molecule has 0 aromatic carbocycles. The SMILES string of the molecule is COC(=O)N1CC[C@H](NC[C@@H]2C[C@H]3C=C[C@H]2C3)C1.